The minimum absolute atomic E-state index is 0.208. The zero-order valence-corrected chi connectivity index (χ0v) is 11.7. The fourth-order valence-corrected chi connectivity index (χ4v) is 2.84. The average Bonchev–Trinajstić information content (AvgIpc) is 2.93. The molecule has 20 heavy (non-hydrogen) atoms. The molecule has 0 saturated heterocycles. The van der Waals surface area contributed by atoms with Crippen LogP contribution in [0.25, 0.3) is 21.8 Å². The number of nitrogens with zero attached hydrogens (tertiary/aromatic N) is 1. The number of H-pyrrole nitrogens is 1. The van der Waals surface area contributed by atoms with E-state index in [2.05, 4.69) is 9.97 Å². The van der Waals surface area contributed by atoms with Crippen LogP contribution in [-0.2, 0) is 0 Å². The average molecular weight is 283 g/mol. The largest absolute Gasteiger partial charge is 0.394 e. The molecule has 5 heteroatoms. The van der Waals surface area contributed by atoms with Crippen LogP contribution in [0.3, 0.4) is 0 Å². The van der Waals surface area contributed by atoms with Crippen LogP contribution < -0.4 is 11.3 Å². The van der Waals surface area contributed by atoms with E-state index < -0.39 is 0 Å². The lowest BCUT2D eigenvalue weighted by atomic mass is 10.1. The molecule has 100 valence electrons. The summed E-state index contributed by atoms with van der Waals surface area (Å²) in [6.07, 6.45) is 0. The Morgan fingerprint density at radius 3 is 2.75 bits per heavy atom. The number of aryl methyl sites for hydroxylation is 1. The zero-order chi connectivity index (χ0) is 14.1. The van der Waals surface area contributed by atoms with Gasteiger partial charge in [-0.1, -0.05) is 30.3 Å². The first kappa shape index (κ1) is 12.6. The maximum Gasteiger partial charge on any atom is 0.271 e. The lowest BCUT2D eigenvalue weighted by Gasteiger charge is -2.03. The molecule has 0 unspecified atom stereocenters. The lowest BCUT2D eigenvalue weighted by Crippen LogP contribution is -2.13. The van der Waals surface area contributed by atoms with Crippen LogP contribution in [0.4, 0.5) is 5.69 Å². The van der Waals surface area contributed by atoms with Crippen molar-refractivity contribution in [2.24, 2.45) is 0 Å². The molecule has 0 bridgehead atoms. The van der Waals surface area contributed by atoms with E-state index in [1.54, 1.807) is 17.4 Å². The number of aromatic nitrogens is 2. The third kappa shape index (κ3) is 2.23. The highest BCUT2D eigenvalue weighted by Gasteiger charge is 2.10. The van der Waals surface area contributed by atoms with Gasteiger partial charge in [-0.3, -0.25) is 4.79 Å². The predicted molar refractivity (Wildman–Crippen MR) is 82.8 cm³/mol. The minimum atomic E-state index is -0.259. The Morgan fingerprint density at radius 2 is 2.00 bits per heavy atom. The Labute approximate surface area is 119 Å². The van der Waals surface area contributed by atoms with Crippen molar-refractivity contribution < 1.29 is 0 Å². The van der Waals surface area contributed by atoms with Gasteiger partial charge in [0.05, 0.1) is 11.4 Å². The van der Waals surface area contributed by atoms with E-state index in [4.69, 9.17) is 5.73 Å². The van der Waals surface area contributed by atoms with Crippen molar-refractivity contribution >= 4 is 17.0 Å². The molecule has 2 aromatic heterocycles. The van der Waals surface area contributed by atoms with E-state index in [1.807, 2.05) is 42.6 Å². The van der Waals surface area contributed by atoms with E-state index in [9.17, 15) is 4.79 Å². The summed E-state index contributed by atoms with van der Waals surface area (Å²) in [4.78, 5) is 18.8. The molecule has 0 amide bonds. The summed E-state index contributed by atoms with van der Waals surface area (Å²) in [5.41, 5.74) is 9.17. The van der Waals surface area contributed by atoms with Crippen molar-refractivity contribution in [2.45, 2.75) is 6.92 Å². The highest BCUT2D eigenvalue weighted by Crippen LogP contribution is 2.29. The number of hydrogen-bond donors (Lipinski definition) is 2. The molecule has 3 rings (SSSR count). The van der Waals surface area contributed by atoms with Gasteiger partial charge in [-0.25, -0.2) is 4.98 Å². The third-order valence-corrected chi connectivity index (χ3v) is 3.96. The number of anilines is 1. The molecule has 0 fully saturated rings. The van der Waals surface area contributed by atoms with Gasteiger partial charge in [0.2, 0.25) is 0 Å². The van der Waals surface area contributed by atoms with Crippen molar-refractivity contribution in [1.82, 2.24) is 9.97 Å². The summed E-state index contributed by atoms with van der Waals surface area (Å²) in [5.74, 6) is 0. The Bertz CT molecular complexity index is 805. The van der Waals surface area contributed by atoms with Gasteiger partial charge >= 0.3 is 0 Å². The van der Waals surface area contributed by atoms with E-state index >= 15 is 0 Å². The number of thiazole rings is 1. The SMILES string of the molecule is Cc1[nH]c(=O)c(N)cc1-c1csc(-c2ccccc2)n1. The molecule has 3 N–H and O–H groups in total. The van der Waals surface area contributed by atoms with Gasteiger partial charge in [-0.05, 0) is 13.0 Å². The summed E-state index contributed by atoms with van der Waals surface area (Å²) in [6.45, 7) is 1.84. The molecule has 0 saturated carbocycles. The maximum absolute atomic E-state index is 11.5. The summed E-state index contributed by atoms with van der Waals surface area (Å²) >= 11 is 1.57. The number of pyridine rings is 1. The fourth-order valence-electron chi connectivity index (χ4n) is 2.02. The van der Waals surface area contributed by atoms with Crippen LogP contribution in [0.1, 0.15) is 5.69 Å². The van der Waals surface area contributed by atoms with Gasteiger partial charge in [-0.2, -0.15) is 0 Å². The maximum atomic E-state index is 11.5. The van der Waals surface area contributed by atoms with Crippen LogP contribution in [0, 0.1) is 6.92 Å². The second kappa shape index (κ2) is 4.94. The molecule has 2 heterocycles. The first-order valence-corrected chi connectivity index (χ1v) is 7.04. The van der Waals surface area contributed by atoms with Gasteiger partial charge in [0, 0.05) is 22.2 Å². The Balaban J connectivity index is 2.07. The molecule has 0 atom stereocenters. The summed E-state index contributed by atoms with van der Waals surface area (Å²) < 4.78 is 0. The molecule has 4 nitrogen and oxygen atoms in total. The standard InChI is InChI=1S/C15H13N3OS/c1-9-11(7-12(16)14(19)17-9)13-8-20-15(18-13)10-5-3-2-4-6-10/h2-8H,16H2,1H3,(H,17,19). The van der Waals surface area contributed by atoms with Gasteiger partial charge in [0.1, 0.15) is 5.01 Å². The highest BCUT2D eigenvalue weighted by atomic mass is 32.1. The second-order valence-electron chi connectivity index (χ2n) is 4.50. The number of nitrogens with one attached hydrogen (secondary N) is 1. The number of nitrogens with two attached hydrogens (primary N) is 1. The normalized spacial score (nSPS) is 10.7. The molecule has 0 spiro atoms. The van der Waals surface area contributed by atoms with Crippen LogP contribution in [-0.4, -0.2) is 9.97 Å². The van der Waals surface area contributed by atoms with Gasteiger partial charge in [0.15, 0.2) is 0 Å². The lowest BCUT2D eigenvalue weighted by molar-refractivity contribution is 1.14. The molecular weight excluding hydrogens is 270 g/mol. The molecule has 1 aromatic carbocycles. The van der Waals surface area contributed by atoms with Crippen molar-refractivity contribution in [3.05, 3.63) is 57.8 Å². The second-order valence-corrected chi connectivity index (χ2v) is 5.35. The molecule has 0 aliphatic heterocycles. The number of hydrogen-bond acceptors (Lipinski definition) is 4. The summed E-state index contributed by atoms with van der Waals surface area (Å²) in [7, 11) is 0. The molecule has 0 aliphatic rings. The van der Waals surface area contributed by atoms with Gasteiger partial charge < -0.3 is 10.7 Å². The smallest absolute Gasteiger partial charge is 0.271 e. The number of benzene rings is 1. The van der Waals surface area contributed by atoms with E-state index in [1.165, 1.54) is 0 Å². The number of aromatic amines is 1. The number of nitrogen functional groups attached to an aromatic ring is 1. The molecule has 3 aromatic rings. The topological polar surface area (TPSA) is 71.8 Å². The third-order valence-electron chi connectivity index (χ3n) is 3.07. The van der Waals surface area contributed by atoms with E-state index in [-0.39, 0.29) is 11.2 Å². The van der Waals surface area contributed by atoms with Crippen LogP contribution in [0.5, 0.6) is 0 Å². The monoisotopic (exact) mass is 283 g/mol. The molecular formula is C15H13N3OS. The van der Waals surface area contributed by atoms with Crippen LogP contribution in [0.2, 0.25) is 0 Å². The highest BCUT2D eigenvalue weighted by molar-refractivity contribution is 7.13. The van der Waals surface area contributed by atoms with Crippen molar-refractivity contribution in [2.75, 3.05) is 5.73 Å². The zero-order valence-electron chi connectivity index (χ0n) is 10.9. The van der Waals surface area contributed by atoms with E-state index in [0.29, 0.717) is 0 Å². The van der Waals surface area contributed by atoms with Gasteiger partial charge in [-0.15, -0.1) is 11.3 Å². The van der Waals surface area contributed by atoms with Gasteiger partial charge in [0.25, 0.3) is 5.56 Å². The quantitative estimate of drug-likeness (QED) is 0.759. The Morgan fingerprint density at radius 1 is 1.25 bits per heavy atom. The Hall–Kier alpha value is -2.40. The molecule has 0 aliphatic carbocycles. The summed E-state index contributed by atoms with van der Waals surface area (Å²) in [6, 6.07) is 11.7. The van der Waals surface area contributed by atoms with Crippen molar-refractivity contribution in [3.8, 4) is 21.8 Å². The fraction of sp³-hybridized carbons (Fsp3) is 0.0667. The van der Waals surface area contributed by atoms with Crippen LogP contribution in [0.15, 0.2) is 46.6 Å². The summed E-state index contributed by atoms with van der Waals surface area (Å²) in [5, 5.41) is 2.92. The van der Waals surface area contributed by atoms with E-state index in [0.717, 1.165) is 27.5 Å². The first-order valence-electron chi connectivity index (χ1n) is 6.16. The predicted octanol–water partition coefficient (Wildman–Crippen LogP) is 3.06. The first-order chi connectivity index (χ1) is 9.65. The number of rotatable bonds is 2. The Kier molecular flexibility index (Phi) is 3.12. The van der Waals surface area contributed by atoms with Crippen molar-refractivity contribution in [1.29, 1.82) is 0 Å². The van der Waals surface area contributed by atoms with Crippen molar-refractivity contribution in [3.63, 3.8) is 0 Å². The minimum Gasteiger partial charge on any atom is -0.394 e. The van der Waals surface area contributed by atoms with Crippen LogP contribution >= 0.6 is 11.3 Å². The molecule has 0 radical (unpaired) electrons.